The van der Waals surface area contributed by atoms with Gasteiger partial charge in [-0.25, -0.2) is 4.39 Å². The van der Waals surface area contributed by atoms with Gasteiger partial charge in [-0.1, -0.05) is 47.5 Å². The Kier molecular flexibility index (Phi) is 5.75. The number of para-hydroxylation sites is 1. The van der Waals surface area contributed by atoms with E-state index in [1.165, 1.54) is 42.3 Å². The number of methoxy groups -OCH3 is 1. The number of anilines is 1. The number of aromatic amines is 1. The number of Topliss-reactive ketones (excluding diaryl/α,β-unsaturated/α-hetero) is 1. The van der Waals surface area contributed by atoms with Gasteiger partial charge in [0.1, 0.15) is 11.6 Å². The number of hydrogen-bond donors (Lipinski definition) is 2. The van der Waals surface area contributed by atoms with Gasteiger partial charge in [-0.05, 0) is 36.4 Å². The number of rotatable bonds is 4. The highest BCUT2D eigenvalue weighted by molar-refractivity contribution is 6.52. The molecule has 0 aliphatic carbocycles. The van der Waals surface area contributed by atoms with E-state index in [0.29, 0.717) is 5.56 Å². The van der Waals surface area contributed by atoms with Crippen molar-refractivity contribution in [3.63, 3.8) is 0 Å². The van der Waals surface area contributed by atoms with E-state index in [-0.39, 0.29) is 32.6 Å². The summed E-state index contributed by atoms with van der Waals surface area (Å²) >= 11 is 12.5. The number of H-pyrrole nitrogens is 1. The van der Waals surface area contributed by atoms with E-state index in [1.807, 2.05) is 24.3 Å². The largest absolute Gasteiger partial charge is 0.507 e. The van der Waals surface area contributed by atoms with Crippen LogP contribution < -0.4 is 9.64 Å². The molecule has 0 saturated carbocycles. The van der Waals surface area contributed by atoms with Gasteiger partial charge in [-0.2, -0.15) is 0 Å². The average Bonchev–Trinajstić information content (AvgIpc) is 3.37. The molecule has 2 N–H and O–H groups in total. The summed E-state index contributed by atoms with van der Waals surface area (Å²) in [5.41, 5.74) is 1.44. The molecule has 1 amide bonds. The van der Waals surface area contributed by atoms with E-state index in [0.717, 1.165) is 17.0 Å². The van der Waals surface area contributed by atoms with Crippen LogP contribution in [0.2, 0.25) is 10.0 Å². The first-order valence-corrected chi connectivity index (χ1v) is 11.2. The summed E-state index contributed by atoms with van der Waals surface area (Å²) in [6.07, 6.45) is 1.66. The lowest BCUT2D eigenvalue weighted by atomic mass is 9.94. The summed E-state index contributed by atoms with van der Waals surface area (Å²) in [5.74, 6) is -2.67. The SMILES string of the molecule is COc1c(Cl)cc(/C(O)=C2\C(=O)C(=O)N(c3cccc(F)c3)C2c2c[nH]c3ccccc23)cc1Cl. The third kappa shape index (κ3) is 3.73. The molecule has 35 heavy (non-hydrogen) atoms. The predicted octanol–water partition coefficient (Wildman–Crippen LogP) is 6.25. The Labute approximate surface area is 209 Å². The number of carbonyl (C=O) groups is 2. The third-order valence-electron chi connectivity index (χ3n) is 5.92. The van der Waals surface area contributed by atoms with Crippen LogP contribution >= 0.6 is 23.2 Å². The molecule has 1 atom stereocenters. The highest BCUT2D eigenvalue weighted by atomic mass is 35.5. The lowest BCUT2D eigenvalue weighted by Crippen LogP contribution is -2.29. The van der Waals surface area contributed by atoms with Gasteiger partial charge < -0.3 is 14.8 Å². The highest BCUT2D eigenvalue weighted by Crippen LogP contribution is 2.45. The molecule has 176 valence electrons. The predicted molar refractivity (Wildman–Crippen MR) is 132 cm³/mol. The fraction of sp³-hybridized carbons (Fsp3) is 0.0769. The summed E-state index contributed by atoms with van der Waals surface area (Å²) in [5, 5.41) is 12.3. The Hall–Kier alpha value is -3.81. The van der Waals surface area contributed by atoms with Crippen LogP contribution in [0.25, 0.3) is 16.7 Å². The number of nitrogens with zero attached hydrogens (tertiary/aromatic N) is 1. The number of ketones is 1. The number of aromatic nitrogens is 1. The van der Waals surface area contributed by atoms with Crippen molar-refractivity contribution >= 4 is 57.2 Å². The second-order valence-corrected chi connectivity index (χ2v) is 8.73. The molecule has 5 rings (SSSR count). The molecule has 6 nitrogen and oxygen atoms in total. The molecule has 1 fully saturated rings. The van der Waals surface area contributed by atoms with Gasteiger partial charge in [-0.15, -0.1) is 0 Å². The van der Waals surface area contributed by atoms with Crippen LogP contribution in [-0.2, 0) is 9.59 Å². The second-order valence-electron chi connectivity index (χ2n) is 7.91. The monoisotopic (exact) mass is 510 g/mol. The number of hydrogen-bond acceptors (Lipinski definition) is 4. The number of halogens is 3. The third-order valence-corrected chi connectivity index (χ3v) is 6.48. The molecular formula is C26H17Cl2FN2O4. The van der Waals surface area contributed by atoms with Gasteiger partial charge in [0.25, 0.3) is 11.7 Å². The first kappa shape index (κ1) is 23.0. The van der Waals surface area contributed by atoms with Crippen molar-refractivity contribution in [1.82, 2.24) is 4.98 Å². The Morgan fingerprint density at radius 2 is 1.77 bits per heavy atom. The van der Waals surface area contributed by atoms with E-state index < -0.39 is 29.3 Å². The molecule has 9 heteroatoms. The molecule has 3 aromatic carbocycles. The summed E-state index contributed by atoms with van der Waals surface area (Å²) in [4.78, 5) is 30.9. The highest BCUT2D eigenvalue weighted by Gasteiger charge is 2.47. The quantitative estimate of drug-likeness (QED) is 0.193. The molecule has 1 saturated heterocycles. The number of nitrogens with one attached hydrogen (secondary N) is 1. The van der Waals surface area contributed by atoms with Crippen molar-refractivity contribution in [2.45, 2.75) is 6.04 Å². The maximum absolute atomic E-state index is 14.1. The van der Waals surface area contributed by atoms with Gasteiger partial charge in [0.05, 0.1) is 28.8 Å². The first-order valence-electron chi connectivity index (χ1n) is 10.5. The molecule has 1 aromatic heterocycles. The summed E-state index contributed by atoms with van der Waals surface area (Å²) in [6.45, 7) is 0. The molecule has 1 aliphatic heterocycles. The minimum absolute atomic E-state index is 0.115. The van der Waals surface area contributed by atoms with E-state index in [9.17, 15) is 19.1 Å². The molecular weight excluding hydrogens is 494 g/mol. The average molecular weight is 511 g/mol. The molecule has 0 radical (unpaired) electrons. The standard InChI is InChI=1S/C26H17Cl2FN2O4/c1-35-25-18(27)9-13(10-19(25)28)23(32)21-22(17-12-30-20-8-3-2-7-16(17)20)31(26(34)24(21)33)15-6-4-5-14(29)11-15/h2-12,22,30,32H,1H3/b23-21+. The number of amides is 1. The van der Waals surface area contributed by atoms with Crippen molar-refractivity contribution in [3.05, 3.63) is 99.4 Å². The number of ether oxygens (including phenoxy) is 1. The van der Waals surface area contributed by atoms with E-state index >= 15 is 0 Å². The van der Waals surface area contributed by atoms with Crippen molar-refractivity contribution < 1.29 is 23.8 Å². The fourth-order valence-corrected chi connectivity index (χ4v) is 5.03. The minimum Gasteiger partial charge on any atom is -0.507 e. The van der Waals surface area contributed by atoms with Crippen LogP contribution in [0.1, 0.15) is 17.2 Å². The van der Waals surface area contributed by atoms with Gasteiger partial charge in [-0.3, -0.25) is 14.5 Å². The summed E-state index contributed by atoms with van der Waals surface area (Å²) in [6, 6.07) is 14.4. The zero-order chi connectivity index (χ0) is 24.9. The van der Waals surface area contributed by atoms with E-state index in [4.69, 9.17) is 27.9 Å². The van der Waals surface area contributed by atoms with Crippen LogP contribution in [0.5, 0.6) is 5.75 Å². The van der Waals surface area contributed by atoms with E-state index in [2.05, 4.69) is 4.98 Å². The molecule has 0 spiro atoms. The lowest BCUT2D eigenvalue weighted by molar-refractivity contribution is -0.132. The van der Waals surface area contributed by atoms with Gasteiger partial charge in [0, 0.05) is 33.9 Å². The van der Waals surface area contributed by atoms with Gasteiger partial charge >= 0.3 is 0 Å². The number of carbonyl (C=O) groups excluding carboxylic acids is 2. The number of fused-ring (bicyclic) bond motifs is 1. The summed E-state index contributed by atoms with van der Waals surface area (Å²) < 4.78 is 19.3. The zero-order valence-corrected chi connectivity index (χ0v) is 19.7. The zero-order valence-electron chi connectivity index (χ0n) is 18.2. The van der Waals surface area contributed by atoms with Crippen LogP contribution in [0, 0.1) is 5.82 Å². The Morgan fingerprint density at radius 3 is 2.46 bits per heavy atom. The fourth-order valence-electron chi connectivity index (χ4n) is 4.39. The first-order chi connectivity index (χ1) is 16.8. The Morgan fingerprint density at radius 1 is 1.06 bits per heavy atom. The smallest absolute Gasteiger partial charge is 0.300 e. The summed E-state index contributed by atoms with van der Waals surface area (Å²) in [7, 11) is 1.40. The number of benzene rings is 3. The molecule has 4 aromatic rings. The van der Waals surface area contributed by atoms with Crippen LogP contribution in [0.4, 0.5) is 10.1 Å². The van der Waals surface area contributed by atoms with Gasteiger partial charge in [0.2, 0.25) is 0 Å². The second kappa shape index (κ2) is 8.76. The van der Waals surface area contributed by atoms with Crippen LogP contribution in [-0.4, -0.2) is 28.9 Å². The maximum Gasteiger partial charge on any atom is 0.300 e. The van der Waals surface area contributed by atoms with Crippen molar-refractivity contribution in [3.8, 4) is 5.75 Å². The van der Waals surface area contributed by atoms with Crippen LogP contribution in [0.3, 0.4) is 0 Å². The topological polar surface area (TPSA) is 82.6 Å². The van der Waals surface area contributed by atoms with Crippen molar-refractivity contribution in [1.29, 1.82) is 0 Å². The van der Waals surface area contributed by atoms with Crippen molar-refractivity contribution in [2.24, 2.45) is 0 Å². The lowest BCUT2D eigenvalue weighted by Gasteiger charge is -2.25. The van der Waals surface area contributed by atoms with Gasteiger partial charge in [0.15, 0.2) is 5.75 Å². The van der Waals surface area contributed by atoms with E-state index in [1.54, 1.807) is 6.20 Å². The molecule has 0 bridgehead atoms. The van der Waals surface area contributed by atoms with Crippen molar-refractivity contribution in [2.75, 3.05) is 12.0 Å². The Bertz CT molecular complexity index is 1520. The number of aliphatic hydroxyl groups is 1. The minimum atomic E-state index is -1.05. The maximum atomic E-state index is 14.1. The Balaban J connectivity index is 1.79. The molecule has 1 aliphatic rings. The normalized spacial score (nSPS) is 17.4. The molecule has 1 unspecified atom stereocenters. The molecule has 2 heterocycles. The number of aliphatic hydroxyl groups excluding tert-OH is 1. The van der Waals surface area contributed by atoms with Crippen LogP contribution in [0.15, 0.2) is 72.4 Å².